The summed E-state index contributed by atoms with van der Waals surface area (Å²) in [4.78, 5) is 33.2. The van der Waals surface area contributed by atoms with Gasteiger partial charge in [-0.2, -0.15) is 0 Å². The van der Waals surface area contributed by atoms with Gasteiger partial charge >= 0.3 is 0 Å². The van der Waals surface area contributed by atoms with Crippen LogP contribution in [-0.2, 0) is 11.2 Å². The maximum atomic E-state index is 13.1. The van der Waals surface area contributed by atoms with Crippen LogP contribution in [0.2, 0.25) is 0 Å². The number of thioether (sulfide) groups is 2. The highest BCUT2D eigenvalue weighted by molar-refractivity contribution is 9.10. The number of aryl methyl sites for hydroxylation is 1. The number of nitrogens with zero attached hydrogens (tertiary/aromatic N) is 3. The molecule has 3 heterocycles. The lowest BCUT2D eigenvalue weighted by Crippen LogP contribution is -2.39. The fraction of sp³-hybridized carbons (Fsp3) is 0.450. The van der Waals surface area contributed by atoms with E-state index in [2.05, 4.69) is 22.9 Å². The molecule has 0 unspecified atom stereocenters. The summed E-state index contributed by atoms with van der Waals surface area (Å²) in [6.45, 7) is 3.89. The van der Waals surface area contributed by atoms with Crippen LogP contribution in [0.5, 0.6) is 0 Å². The lowest BCUT2D eigenvalue weighted by atomic mass is 9.99. The van der Waals surface area contributed by atoms with Crippen molar-refractivity contribution in [2.75, 3.05) is 24.6 Å². The molecule has 2 aliphatic rings. The predicted molar refractivity (Wildman–Crippen MR) is 118 cm³/mol. The molecule has 0 radical (unpaired) electrons. The van der Waals surface area contributed by atoms with E-state index < -0.39 is 0 Å². The number of hydrogen-bond acceptors (Lipinski definition) is 5. The van der Waals surface area contributed by atoms with Crippen molar-refractivity contribution >= 4 is 45.4 Å². The zero-order valence-corrected chi connectivity index (χ0v) is 18.9. The molecule has 0 N–H and O–H groups in total. The predicted octanol–water partition coefficient (Wildman–Crippen LogP) is 3.99. The number of amides is 1. The van der Waals surface area contributed by atoms with Crippen molar-refractivity contribution in [3.05, 3.63) is 44.8 Å². The van der Waals surface area contributed by atoms with Crippen molar-refractivity contribution < 1.29 is 4.79 Å². The summed E-state index contributed by atoms with van der Waals surface area (Å²) in [5, 5.41) is 0.604. The molecule has 1 amide bonds. The van der Waals surface area contributed by atoms with Crippen LogP contribution in [0.15, 0.2) is 43.6 Å². The third kappa shape index (κ3) is 4.19. The Morgan fingerprint density at radius 2 is 2.00 bits per heavy atom. The van der Waals surface area contributed by atoms with Crippen LogP contribution in [-0.4, -0.2) is 45.0 Å². The molecular weight excluding hydrogens is 458 g/mol. The lowest BCUT2D eigenvalue weighted by Gasteiger charge is -2.30. The van der Waals surface area contributed by atoms with Gasteiger partial charge in [0, 0.05) is 29.7 Å². The SMILES string of the molecule is CC1CCN(C(=O)CSc2nc3c(c(=O)n2-c2ccc(Br)cc2)SCC3)CC1. The minimum Gasteiger partial charge on any atom is -0.342 e. The van der Waals surface area contributed by atoms with Crippen molar-refractivity contribution in [2.45, 2.75) is 36.2 Å². The molecule has 1 saturated heterocycles. The first-order chi connectivity index (χ1) is 13.5. The van der Waals surface area contributed by atoms with E-state index >= 15 is 0 Å². The second-order valence-corrected chi connectivity index (χ2v) is 10.2. The van der Waals surface area contributed by atoms with Crippen LogP contribution in [0.4, 0.5) is 0 Å². The van der Waals surface area contributed by atoms with Crippen LogP contribution in [0, 0.1) is 5.92 Å². The van der Waals surface area contributed by atoms with Gasteiger partial charge in [-0.25, -0.2) is 4.98 Å². The van der Waals surface area contributed by atoms with Gasteiger partial charge in [-0.15, -0.1) is 11.8 Å². The Labute approximate surface area is 181 Å². The molecule has 2 aromatic rings. The average molecular weight is 480 g/mol. The van der Waals surface area contributed by atoms with Gasteiger partial charge in [0.05, 0.1) is 22.0 Å². The Morgan fingerprint density at radius 3 is 2.71 bits per heavy atom. The van der Waals surface area contributed by atoms with Crippen LogP contribution >= 0.6 is 39.5 Å². The van der Waals surface area contributed by atoms with Gasteiger partial charge in [-0.3, -0.25) is 14.2 Å². The zero-order valence-electron chi connectivity index (χ0n) is 15.7. The van der Waals surface area contributed by atoms with E-state index in [9.17, 15) is 9.59 Å². The first-order valence-corrected chi connectivity index (χ1v) is 12.2. The summed E-state index contributed by atoms with van der Waals surface area (Å²) in [5.41, 5.74) is 1.61. The van der Waals surface area contributed by atoms with Gasteiger partial charge in [0.25, 0.3) is 5.56 Å². The van der Waals surface area contributed by atoms with Gasteiger partial charge < -0.3 is 4.90 Å². The second kappa shape index (κ2) is 8.63. The quantitative estimate of drug-likeness (QED) is 0.489. The highest BCUT2D eigenvalue weighted by Crippen LogP contribution is 2.30. The summed E-state index contributed by atoms with van der Waals surface area (Å²) < 4.78 is 2.61. The van der Waals surface area contributed by atoms with E-state index in [0.29, 0.717) is 16.8 Å². The number of carbonyl (C=O) groups excluding carboxylic acids is 1. The zero-order chi connectivity index (χ0) is 19.7. The van der Waals surface area contributed by atoms with Crippen LogP contribution in [0.1, 0.15) is 25.5 Å². The number of piperidine rings is 1. The number of halogens is 1. The first-order valence-electron chi connectivity index (χ1n) is 9.48. The van der Waals surface area contributed by atoms with Gasteiger partial charge in [0.1, 0.15) is 0 Å². The largest absolute Gasteiger partial charge is 0.342 e. The van der Waals surface area contributed by atoms with E-state index in [1.165, 1.54) is 11.8 Å². The topological polar surface area (TPSA) is 55.2 Å². The number of aromatic nitrogens is 2. The Kier molecular flexibility index (Phi) is 6.18. The van der Waals surface area contributed by atoms with Crippen molar-refractivity contribution in [3.63, 3.8) is 0 Å². The number of hydrogen-bond donors (Lipinski definition) is 0. The monoisotopic (exact) mass is 479 g/mol. The summed E-state index contributed by atoms with van der Waals surface area (Å²) in [6.07, 6.45) is 2.94. The Morgan fingerprint density at radius 1 is 1.29 bits per heavy atom. The fourth-order valence-corrected chi connectivity index (χ4v) is 5.70. The number of carbonyl (C=O) groups is 1. The van der Waals surface area contributed by atoms with E-state index in [1.54, 1.807) is 16.3 Å². The molecule has 1 aromatic heterocycles. The van der Waals surface area contributed by atoms with E-state index in [-0.39, 0.29) is 11.5 Å². The molecule has 0 atom stereocenters. The maximum absolute atomic E-state index is 13.1. The molecule has 4 rings (SSSR count). The maximum Gasteiger partial charge on any atom is 0.272 e. The highest BCUT2D eigenvalue weighted by atomic mass is 79.9. The highest BCUT2D eigenvalue weighted by Gasteiger charge is 2.24. The molecule has 1 fully saturated rings. The summed E-state index contributed by atoms with van der Waals surface area (Å²) in [6, 6.07) is 7.63. The lowest BCUT2D eigenvalue weighted by molar-refractivity contribution is -0.129. The summed E-state index contributed by atoms with van der Waals surface area (Å²) in [7, 11) is 0. The number of rotatable bonds is 4. The Bertz CT molecular complexity index is 938. The van der Waals surface area contributed by atoms with E-state index in [0.717, 1.165) is 58.9 Å². The fourth-order valence-electron chi connectivity index (χ4n) is 3.48. The van der Waals surface area contributed by atoms with Gasteiger partial charge in [0.2, 0.25) is 5.91 Å². The normalized spacial score (nSPS) is 17.0. The molecule has 5 nitrogen and oxygen atoms in total. The summed E-state index contributed by atoms with van der Waals surface area (Å²) in [5.74, 6) is 2.01. The number of likely N-dealkylation sites (tertiary alicyclic amines) is 1. The molecular formula is C20H22BrN3O2S2. The molecule has 148 valence electrons. The summed E-state index contributed by atoms with van der Waals surface area (Å²) >= 11 is 6.38. The van der Waals surface area contributed by atoms with Crippen molar-refractivity contribution in [2.24, 2.45) is 5.92 Å². The number of benzene rings is 1. The van der Waals surface area contributed by atoms with Gasteiger partial charge in [0.15, 0.2) is 5.16 Å². The van der Waals surface area contributed by atoms with E-state index in [4.69, 9.17) is 4.98 Å². The smallest absolute Gasteiger partial charge is 0.272 e. The third-order valence-corrected chi connectivity index (χ3v) is 7.77. The van der Waals surface area contributed by atoms with Crippen LogP contribution < -0.4 is 5.56 Å². The molecule has 28 heavy (non-hydrogen) atoms. The van der Waals surface area contributed by atoms with Crippen molar-refractivity contribution in [1.82, 2.24) is 14.5 Å². The molecule has 0 spiro atoms. The minimum absolute atomic E-state index is 0.0310. The minimum atomic E-state index is -0.0310. The Balaban J connectivity index is 1.61. The van der Waals surface area contributed by atoms with Crippen LogP contribution in [0.25, 0.3) is 5.69 Å². The molecule has 0 bridgehead atoms. The standard InChI is InChI=1S/C20H22BrN3O2S2/c1-13-6-9-23(10-7-13)17(25)12-28-20-22-16-8-11-27-18(16)19(26)24(20)15-4-2-14(21)3-5-15/h2-5,13H,6-12H2,1H3. The number of fused-ring (bicyclic) bond motifs is 1. The third-order valence-electron chi connectivity index (χ3n) is 5.21. The molecule has 1 aromatic carbocycles. The van der Waals surface area contributed by atoms with Gasteiger partial charge in [-0.05, 0) is 43.0 Å². The van der Waals surface area contributed by atoms with Crippen molar-refractivity contribution in [3.8, 4) is 5.69 Å². The first kappa shape index (κ1) is 20.0. The van der Waals surface area contributed by atoms with Crippen LogP contribution in [0.3, 0.4) is 0 Å². The Hall–Kier alpha value is -1.25. The molecule has 0 saturated carbocycles. The second-order valence-electron chi connectivity index (χ2n) is 7.24. The molecule has 0 aliphatic carbocycles. The van der Waals surface area contributed by atoms with Gasteiger partial charge in [-0.1, -0.05) is 34.6 Å². The molecule has 2 aliphatic heterocycles. The molecule has 8 heteroatoms. The van der Waals surface area contributed by atoms with Crippen molar-refractivity contribution in [1.29, 1.82) is 0 Å². The van der Waals surface area contributed by atoms with E-state index in [1.807, 2.05) is 29.2 Å². The average Bonchev–Trinajstić information content (AvgIpc) is 3.17.